The molecular weight excluding hydrogens is 677 g/mol. The van der Waals surface area contributed by atoms with Crippen molar-refractivity contribution in [3.63, 3.8) is 0 Å². The molecule has 1 saturated heterocycles. The summed E-state index contributed by atoms with van der Waals surface area (Å²) in [5.74, 6) is -0.282. The lowest BCUT2D eigenvalue weighted by atomic mass is 9.77. The molecule has 1 aliphatic carbocycles. The number of amides is 1. The fourth-order valence-corrected chi connectivity index (χ4v) is 6.90. The minimum absolute atomic E-state index is 0.0195. The van der Waals surface area contributed by atoms with Gasteiger partial charge in [-0.2, -0.15) is 5.10 Å². The van der Waals surface area contributed by atoms with Crippen molar-refractivity contribution in [1.82, 2.24) is 25.1 Å². The Labute approximate surface area is 300 Å². The third kappa shape index (κ3) is 9.42. The van der Waals surface area contributed by atoms with Gasteiger partial charge in [0.05, 0.1) is 23.9 Å². The fraction of sp³-hybridized carbons (Fsp3) is 0.556. The molecule has 2 aliphatic rings. The van der Waals surface area contributed by atoms with E-state index in [4.69, 9.17) is 20.8 Å². The number of nitrogens with zero attached hydrogens (tertiary/aromatic N) is 5. The van der Waals surface area contributed by atoms with Crippen LogP contribution in [-0.4, -0.2) is 70.0 Å². The lowest BCUT2D eigenvalue weighted by molar-refractivity contribution is -0.162. The number of rotatable bonds is 10. The van der Waals surface area contributed by atoms with E-state index in [-0.39, 0.29) is 52.7 Å². The van der Waals surface area contributed by atoms with Crippen molar-refractivity contribution in [2.75, 3.05) is 23.7 Å². The van der Waals surface area contributed by atoms with Gasteiger partial charge in [-0.3, -0.25) is 14.5 Å². The van der Waals surface area contributed by atoms with E-state index < -0.39 is 19.7 Å². The summed E-state index contributed by atoms with van der Waals surface area (Å²) in [6.45, 7) is 18.2. The average molecular weight is 726 g/mol. The van der Waals surface area contributed by atoms with Gasteiger partial charge in [0.15, 0.2) is 8.32 Å². The van der Waals surface area contributed by atoms with Gasteiger partial charge >= 0.3 is 5.97 Å². The molecule has 1 aromatic carbocycles. The molecule has 1 aliphatic heterocycles. The number of halogens is 2. The first-order valence-electron chi connectivity index (χ1n) is 17.2. The Morgan fingerprint density at radius 2 is 1.74 bits per heavy atom. The Morgan fingerprint density at radius 3 is 2.44 bits per heavy atom. The van der Waals surface area contributed by atoms with E-state index in [0.717, 1.165) is 19.4 Å². The van der Waals surface area contributed by atoms with Crippen LogP contribution in [0.15, 0.2) is 36.7 Å². The fourth-order valence-electron chi connectivity index (χ4n) is 5.80. The van der Waals surface area contributed by atoms with Crippen LogP contribution < -0.4 is 10.6 Å². The highest BCUT2D eigenvalue weighted by molar-refractivity contribution is 6.74. The third-order valence-corrected chi connectivity index (χ3v) is 14.5. The summed E-state index contributed by atoms with van der Waals surface area (Å²) >= 11 is 6.17. The molecule has 0 spiro atoms. The average Bonchev–Trinajstić information content (AvgIpc) is 3.00. The Kier molecular flexibility index (Phi) is 11.3. The van der Waals surface area contributed by atoms with Crippen molar-refractivity contribution in [2.24, 2.45) is 11.8 Å². The van der Waals surface area contributed by atoms with Gasteiger partial charge in [0.2, 0.25) is 5.91 Å². The minimum Gasteiger partial charge on any atom is -0.460 e. The second-order valence-corrected chi connectivity index (χ2v) is 21.1. The smallest absolute Gasteiger partial charge is 0.310 e. The number of nitrogens with one attached hydrogen (secondary N) is 2. The summed E-state index contributed by atoms with van der Waals surface area (Å²) in [7, 11) is -2.14. The summed E-state index contributed by atoms with van der Waals surface area (Å²) in [5, 5.41) is 15.3. The van der Waals surface area contributed by atoms with E-state index in [9.17, 15) is 14.0 Å². The molecule has 1 amide bonds. The van der Waals surface area contributed by atoms with Gasteiger partial charge in [-0.15, -0.1) is 5.10 Å². The molecular formula is C36H49ClFN7O4Si. The molecule has 1 saturated carbocycles. The molecule has 0 radical (unpaired) electrons. The number of carbonyl (C=O) groups excluding carboxylic acids is 2. The monoisotopic (exact) mass is 725 g/mol. The van der Waals surface area contributed by atoms with Gasteiger partial charge in [0, 0.05) is 35.2 Å². The molecule has 11 nitrogen and oxygen atoms in total. The molecule has 1 unspecified atom stereocenters. The number of likely N-dealkylation sites (tertiary alicyclic amines) is 1. The quantitative estimate of drug-likeness (QED) is 0.158. The van der Waals surface area contributed by atoms with Crippen LogP contribution >= 0.6 is 11.6 Å². The first kappa shape index (κ1) is 37.7. The van der Waals surface area contributed by atoms with E-state index in [1.165, 1.54) is 24.5 Å². The number of carbonyl (C=O) groups is 2. The predicted molar refractivity (Wildman–Crippen MR) is 195 cm³/mol. The summed E-state index contributed by atoms with van der Waals surface area (Å²) < 4.78 is 26.9. The van der Waals surface area contributed by atoms with Crippen molar-refractivity contribution in [1.29, 1.82) is 0 Å². The summed E-state index contributed by atoms with van der Waals surface area (Å²) in [4.78, 5) is 36.9. The van der Waals surface area contributed by atoms with E-state index >= 15 is 0 Å². The molecule has 50 heavy (non-hydrogen) atoms. The molecule has 1 atom stereocenters. The van der Waals surface area contributed by atoms with Gasteiger partial charge in [-0.1, -0.05) is 32.4 Å². The topological polar surface area (TPSA) is 131 Å². The molecule has 3 aromatic rings. The summed E-state index contributed by atoms with van der Waals surface area (Å²) in [6.07, 6.45) is 4.55. The SMILES string of the molecule is CC(C)(C)OC(=O)C1CCCN(C2CC(C(=O)Nc3cc(Nc4cc(-c5cc(Cl)ccc5F)nnc4CO[Si](C)(C)C(C)(C)C)ncn3)C2)C1. The molecule has 2 aromatic heterocycles. The van der Waals surface area contributed by atoms with Crippen LogP contribution in [0.3, 0.4) is 0 Å². The minimum atomic E-state index is -2.14. The maximum Gasteiger partial charge on any atom is 0.310 e. The van der Waals surface area contributed by atoms with Gasteiger partial charge in [0.1, 0.15) is 35.1 Å². The number of piperidine rings is 1. The molecule has 0 bridgehead atoms. The van der Waals surface area contributed by atoms with Crippen molar-refractivity contribution in [2.45, 2.75) is 104 Å². The van der Waals surface area contributed by atoms with Crippen molar-refractivity contribution in [3.05, 3.63) is 53.2 Å². The first-order chi connectivity index (χ1) is 23.4. The molecule has 2 N–H and O–H groups in total. The Bertz CT molecular complexity index is 1710. The molecule has 3 heterocycles. The zero-order valence-electron chi connectivity index (χ0n) is 30.3. The zero-order chi connectivity index (χ0) is 36.4. The molecule has 14 heteroatoms. The van der Waals surface area contributed by atoms with Crippen molar-refractivity contribution in [3.8, 4) is 11.3 Å². The number of anilines is 3. The first-order valence-corrected chi connectivity index (χ1v) is 20.5. The Morgan fingerprint density at radius 1 is 1.02 bits per heavy atom. The Balaban J connectivity index is 1.25. The van der Waals surface area contributed by atoms with Crippen LogP contribution in [0.1, 0.15) is 72.9 Å². The lowest BCUT2D eigenvalue weighted by Gasteiger charge is -2.45. The third-order valence-electron chi connectivity index (χ3n) is 9.83. The van der Waals surface area contributed by atoms with E-state index in [1.807, 2.05) is 20.8 Å². The summed E-state index contributed by atoms with van der Waals surface area (Å²) in [6, 6.07) is 7.85. The largest absolute Gasteiger partial charge is 0.460 e. The van der Waals surface area contributed by atoms with Crippen LogP contribution in [-0.2, 0) is 25.4 Å². The van der Waals surface area contributed by atoms with Gasteiger partial charge in [-0.05, 0) is 95.4 Å². The highest BCUT2D eigenvalue weighted by Crippen LogP contribution is 2.38. The van der Waals surface area contributed by atoms with E-state index in [1.54, 1.807) is 12.1 Å². The van der Waals surface area contributed by atoms with Gasteiger partial charge < -0.3 is 19.8 Å². The van der Waals surface area contributed by atoms with Crippen LogP contribution in [0.25, 0.3) is 11.3 Å². The lowest BCUT2D eigenvalue weighted by Crippen LogP contribution is -2.52. The maximum absolute atomic E-state index is 14.8. The van der Waals surface area contributed by atoms with Gasteiger partial charge in [-0.25, -0.2) is 14.4 Å². The van der Waals surface area contributed by atoms with Crippen LogP contribution in [0.4, 0.5) is 21.7 Å². The zero-order valence-corrected chi connectivity index (χ0v) is 32.0. The van der Waals surface area contributed by atoms with Crippen LogP contribution in [0.5, 0.6) is 0 Å². The van der Waals surface area contributed by atoms with Crippen LogP contribution in [0, 0.1) is 17.7 Å². The standard InChI is InChI=1S/C36H49ClFN7O4Si/c1-35(2,3)49-34(47)22-10-9-13-45(19-22)25-14-23(15-25)33(46)42-32-18-31(39-21-40-32)41-29-17-28(26-16-24(37)11-12-27(26)38)43-44-30(29)20-48-50(7,8)36(4,5)6/h11-12,16-18,21-23,25H,9-10,13-15,19-20H2,1-8H3,(H2,39,40,41,42,43,46). The Hall–Kier alpha value is -3.52. The number of ether oxygens (including phenoxy) is 1. The number of benzene rings is 1. The predicted octanol–water partition coefficient (Wildman–Crippen LogP) is 7.76. The number of hydrogen-bond donors (Lipinski definition) is 2. The molecule has 2 fully saturated rings. The maximum atomic E-state index is 14.8. The van der Waals surface area contributed by atoms with E-state index in [2.05, 4.69) is 69.6 Å². The number of hydrogen-bond acceptors (Lipinski definition) is 10. The normalized spacial score (nSPS) is 20.2. The highest BCUT2D eigenvalue weighted by atomic mass is 35.5. The van der Waals surface area contributed by atoms with Gasteiger partial charge in [0.25, 0.3) is 0 Å². The second-order valence-electron chi connectivity index (χ2n) is 15.9. The second kappa shape index (κ2) is 15.0. The van der Waals surface area contributed by atoms with Crippen LogP contribution in [0.2, 0.25) is 23.2 Å². The van der Waals surface area contributed by atoms with Crippen molar-refractivity contribution >= 4 is 49.1 Å². The molecule has 5 rings (SSSR count). The number of aromatic nitrogens is 4. The summed E-state index contributed by atoms with van der Waals surface area (Å²) in [5.41, 5.74) is 1.04. The highest BCUT2D eigenvalue weighted by Gasteiger charge is 2.41. The molecule has 270 valence electrons. The van der Waals surface area contributed by atoms with E-state index in [0.29, 0.717) is 47.4 Å². The van der Waals surface area contributed by atoms with Crippen molar-refractivity contribution < 1.29 is 23.1 Å². The number of esters is 1.